The fraction of sp³-hybridized carbons (Fsp3) is 0.500. The lowest BCUT2D eigenvalue weighted by molar-refractivity contribution is 0.0588. The second kappa shape index (κ2) is 6.78. The minimum atomic E-state index is -0.195. The van der Waals surface area contributed by atoms with Crippen LogP contribution >= 0.6 is 0 Å². The van der Waals surface area contributed by atoms with Crippen LogP contribution in [0.25, 0.3) is 0 Å². The van der Waals surface area contributed by atoms with E-state index in [9.17, 15) is 4.79 Å². The van der Waals surface area contributed by atoms with Gasteiger partial charge in [0, 0.05) is 18.2 Å². The van der Waals surface area contributed by atoms with Crippen molar-refractivity contribution in [3.05, 3.63) is 34.9 Å². The molecule has 2 unspecified atom stereocenters. The molecule has 1 aromatic rings. The van der Waals surface area contributed by atoms with Gasteiger partial charge >= 0.3 is 0 Å². The Kier molecular flexibility index (Phi) is 5.03. The van der Waals surface area contributed by atoms with Gasteiger partial charge in [-0.1, -0.05) is 30.4 Å². The smallest absolute Gasteiger partial charge is 0.255 e. The molecule has 2 atom stereocenters. The molecule has 0 aromatic heterocycles. The number of aliphatic hydroxyl groups excluding tert-OH is 1. The van der Waals surface area contributed by atoms with Crippen molar-refractivity contribution >= 4 is 5.91 Å². The third-order valence-corrected chi connectivity index (χ3v) is 4.11. The number of rotatable bonds is 1. The lowest BCUT2D eigenvalue weighted by atomic mass is 9.92. The lowest BCUT2D eigenvalue weighted by Crippen LogP contribution is -2.44. The molecule has 1 aromatic carbocycles. The molecule has 0 saturated carbocycles. The summed E-state index contributed by atoms with van der Waals surface area (Å²) in [4.78, 5) is 14.8. The van der Waals surface area contributed by atoms with E-state index in [1.165, 1.54) is 0 Å². The predicted molar refractivity (Wildman–Crippen MR) is 84.0 cm³/mol. The number of likely N-dealkylation sites (tertiary alicyclic amines) is 1. The summed E-state index contributed by atoms with van der Waals surface area (Å²) in [5.41, 5.74) is 2.40. The Labute approximate surface area is 127 Å². The topological polar surface area (TPSA) is 40.5 Å². The van der Waals surface area contributed by atoms with Gasteiger partial charge in [0.25, 0.3) is 5.91 Å². The van der Waals surface area contributed by atoms with Crippen molar-refractivity contribution in [2.75, 3.05) is 13.2 Å². The first-order valence-corrected chi connectivity index (χ1v) is 7.54. The largest absolute Gasteiger partial charge is 0.384 e. The van der Waals surface area contributed by atoms with Crippen molar-refractivity contribution in [3.8, 4) is 11.8 Å². The van der Waals surface area contributed by atoms with Crippen LogP contribution < -0.4 is 0 Å². The monoisotopic (exact) mass is 285 g/mol. The maximum Gasteiger partial charge on any atom is 0.255 e. The molecule has 0 radical (unpaired) electrons. The van der Waals surface area contributed by atoms with Crippen molar-refractivity contribution in [1.29, 1.82) is 0 Å². The number of aliphatic hydroxyl groups is 1. The molecule has 0 spiro atoms. The van der Waals surface area contributed by atoms with Gasteiger partial charge < -0.3 is 10.0 Å². The highest BCUT2D eigenvalue weighted by atomic mass is 16.2. The molecule has 1 aliphatic heterocycles. The highest BCUT2D eigenvalue weighted by molar-refractivity contribution is 5.97. The van der Waals surface area contributed by atoms with Crippen LogP contribution in [0, 0.1) is 24.7 Å². The minimum Gasteiger partial charge on any atom is -0.384 e. The van der Waals surface area contributed by atoms with Crippen molar-refractivity contribution in [2.45, 2.75) is 39.7 Å². The number of benzene rings is 1. The number of nitrogens with zero attached hydrogens (tertiary/aromatic N) is 1. The van der Waals surface area contributed by atoms with Gasteiger partial charge in [-0.05, 0) is 44.7 Å². The quantitative estimate of drug-likeness (QED) is 0.806. The van der Waals surface area contributed by atoms with Crippen LogP contribution in [0.15, 0.2) is 18.2 Å². The summed E-state index contributed by atoms with van der Waals surface area (Å²) in [6, 6.07) is 5.97. The molecule has 2 rings (SSSR count). The van der Waals surface area contributed by atoms with Gasteiger partial charge in [-0.15, -0.1) is 0 Å². The summed E-state index contributed by atoms with van der Waals surface area (Å²) in [6.45, 7) is 6.94. The molecule has 1 fully saturated rings. The van der Waals surface area contributed by atoms with E-state index in [0.29, 0.717) is 17.0 Å². The molecule has 1 aliphatic rings. The Morgan fingerprint density at radius 1 is 1.43 bits per heavy atom. The van der Waals surface area contributed by atoms with E-state index >= 15 is 0 Å². The van der Waals surface area contributed by atoms with Crippen molar-refractivity contribution in [1.82, 2.24) is 4.90 Å². The summed E-state index contributed by atoms with van der Waals surface area (Å²) in [7, 11) is 0. The van der Waals surface area contributed by atoms with Gasteiger partial charge in [-0.25, -0.2) is 0 Å². The fourth-order valence-corrected chi connectivity index (χ4v) is 2.94. The maximum atomic E-state index is 12.8. The van der Waals surface area contributed by atoms with Crippen LogP contribution in [0.1, 0.15) is 48.2 Å². The Hall–Kier alpha value is -1.79. The number of hydrogen-bond donors (Lipinski definition) is 1. The third-order valence-electron chi connectivity index (χ3n) is 4.11. The molecule has 1 N–H and O–H groups in total. The third kappa shape index (κ3) is 3.65. The Bertz CT molecular complexity index is 583. The lowest BCUT2D eigenvalue weighted by Gasteiger charge is -2.36. The zero-order valence-corrected chi connectivity index (χ0v) is 13.0. The molecule has 3 nitrogen and oxygen atoms in total. The van der Waals surface area contributed by atoms with Gasteiger partial charge in [-0.2, -0.15) is 0 Å². The molecule has 0 bridgehead atoms. The number of hydrogen-bond acceptors (Lipinski definition) is 2. The first-order valence-electron chi connectivity index (χ1n) is 7.54. The Morgan fingerprint density at radius 2 is 2.19 bits per heavy atom. The minimum absolute atomic E-state index is 0.0559. The second-order valence-corrected chi connectivity index (χ2v) is 5.99. The average Bonchev–Trinajstić information content (AvgIpc) is 2.45. The van der Waals surface area contributed by atoms with Crippen molar-refractivity contribution < 1.29 is 9.90 Å². The van der Waals surface area contributed by atoms with Gasteiger partial charge in [0.05, 0.1) is 5.56 Å². The van der Waals surface area contributed by atoms with Crippen LogP contribution in [0.2, 0.25) is 0 Å². The average molecular weight is 285 g/mol. The van der Waals surface area contributed by atoms with Crippen LogP contribution in [0.5, 0.6) is 0 Å². The zero-order chi connectivity index (χ0) is 15.4. The van der Waals surface area contributed by atoms with Crippen molar-refractivity contribution in [3.63, 3.8) is 0 Å². The Morgan fingerprint density at radius 3 is 2.86 bits per heavy atom. The van der Waals surface area contributed by atoms with Crippen molar-refractivity contribution in [2.24, 2.45) is 5.92 Å². The fourth-order valence-electron chi connectivity index (χ4n) is 2.94. The van der Waals surface area contributed by atoms with Gasteiger partial charge in [0.2, 0.25) is 0 Å². The molecule has 1 saturated heterocycles. The standard InChI is InChI=1S/C18H23NO2/c1-13-6-7-16(5-4-10-20)17(12-13)18(21)19-9-8-14(2)11-15(19)3/h6-7,12,14-15,20H,8-11H2,1-3H3. The molecule has 112 valence electrons. The molecule has 0 aliphatic carbocycles. The number of amides is 1. The van der Waals surface area contributed by atoms with E-state index in [1.807, 2.05) is 30.0 Å². The molecule has 1 heterocycles. The van der Waals surface area contributed by atoms with E-state index < -0.39 is 0 Å². The first-order chi connectivity index (χ1) is 10.0. The molecule has 3 heteroatoms. The highest BCUT2D eigenvalue weighted by Gasteiger charge is 2.28. The van der Waals surface area contributed by atoms with E-state index in [1.54, 1.807) is 0 Å². The normalized spacial score (nSPS) is 21.6. The number of piperidine rings is 1. The molecule has 21 heavy (non-hydrogen) atoms. The summed E-state index contributed by atoms with van der Waals surface area (Å²) >= 11 is 0. The SMILES string of the molecule is Cc1ccc(C#CCO)c(C(=O)N2CCC(C)CC2C)c1. The summed E-state index contributed by atoms with van der Waals surface area (Å²) < 4.78 is 0. The van der Waals surface area contributed by atoms with Crippen LogP contribution in [0.3, 0.4) is 0 Å². The van der Waals surface area contributed by atoms with Gasteiger partial charge in [-0.3, -0.25) is 4.79 Å². The van der Waals surface area contributed by atoms with E-state index in [-0.39, 0.29) is 18.6 Å². The van der Waals surface area contributed by atoms with Crippen LogP contribution in [-0.2, 0) is 0 Å². The summed E-state index contributed by atoms with van der Waals surface area (Å²) in [5, 5.41) is 8.86. The zero-order valence-electron chi connectivity index (χ0n) is 13.0. The predicted octanol–water partition coefficient (Wildman–Crippen LogP) is 2.60. The Balaban J connectivity index is 2.32. The van der Waals surface area contributed by atoms with Gasteiger partial charge in [0.1, 0.15) is 6.61 Å². The van der Waals surface area contributed by atoms with Crippen LogP contribution in [0.4, 0.5) is 0 Å². The van der Waals surface area contributed by atoms with E-state index in [2.05, 4.69) is 25.7 Å². The molecular weight excluding hydrogens is 262 g/mol. The summed E-state index contributed by atoms with van der Waals surface area (Å²) in [6.07, 6.45) is 2.11. The van der Waals surface area contributed by atoms with E-state index in [0.717, 1.165) is 24.9 Å². The number of aryl methyl sites for hydroxylation is 1. The van der Waals surface area contributed by atoms with E-state index in [4.69, 9.17) is 5.11 Å². The number of carbonyl (C=O) groups is 1. The molecular formula is C18H23NO2. The van der Waals surface area contributed by atoms with Crippen LogP contribution in [-0.4, -0.2) is 35.1 Å². The molecule has 1 amide bonds. The maximum absolute atomic E-state index is 12.8. The number of carbonyl (C=O) groups excluding carboxylic acids is 1. The second-order valence-electron chi connectivity index (χ2n) is 5.99. The summed E-state index contributed by atoms with van der Waals surface area (Å²) in [5.74, 6) is 6.25. The first kappa shape index (κ1) is 15.6. The van der Waals surface area contributed by atoms with Gasteiger partial charge in [0.15, 0.2) is 0 Å². The highest BCUT2D eigenvalue weighted by Crippen LogP contribution is 2.25.